The lowest BCUT2D eigenvalue weighted by Gasteiger charge is -2.44. The average Bonchev–Trinajstić information content (AvgIpc) is 2.76. The number of nitrogens with zero attached hydrogens (tertiary/aromatic N) is 3. The molecule has 15 heteroatoms. The summed E-state index contributed by atoms with van der Waals surface area (Å²) in [6, 6.07) is 0. The Labute approximate surface area is 201 Å². The molecule has 1 aliphatic heterocycles. The van der Waals surface area contributed by atoms with Crippen molar-refractivity contribution in [1.82, 2.24) is 0 Å². The van der Waals surface area contributed by atoms with Gasteiger partial charge in [-0.2, -0.15) is 0 Å². The maximum absolute atomic E-state index is 11.8. The summed E-state index contributed by atoms with van der Waals surface area (Å²) in [5.41, 5.74) is 8.18. The number of azide groups is 1. The summed E-state index contributed by atoms with van der Waals surface area (Å²) in [5.74, 6) is -2.80. The largest absolute Gasteiger partial charge is 0.463 e. The summed E-state index contributed by atoms with van der Waals surface area (Å²) in [5, 5.41) is 3.33. The summed E-state index contributed by atoms with van der Waals surface area (Å²) >= 11 is 0. The molecule has 0 radical (unpaired) electrons. The van der Waals surface area contributed by atoms with Gasteiger partial charge in [-0.3, -0.25) is 19.2 Å². The maximum Gasteiger partial charge on any atom is 0.303 e. The number of rotatable bonds is 15. The molecule has 198 valence electrons. The lowest BCUT2D eigenvalue weighted by Crippen LogP contribution is -2.63. The molecule has 35 heavy (non-hydrogen) atoms. The Hall–Kier alpha value is -2.97. The molecule has 0 spiro atoms. The van der Waals surface area contributed by atoms with Crippen LogP contribution in [0.15, 0.2) is 5.11 Å². The zero-order valence-electron chi connectivity index (χ0n) is 20.1. The maximum atomic E-state index is 11.8. The molecule has 0 aromatic heterocycles. The second-order valence-corrected chi connectivity index (χ2v) is 7.12. The van der Waals surface area contributed by atoms with Crippen molar-refractivity contribution in [2.24, 2.45) is 5.11 Å². The summed E-state index contributed by atoms with van der Waals surface area (Å²) in [6.07, 6.45) is -6.20. The molecule has 0 saturated carbocycles. The van der Waals surface area contributed by atoms with E-state index in [4.69, 9.17) is 43.4 Å². The van der Waals surface area contributed by atoms with E-state index >= 15 is 0 Å². The summed E-state index contributed by atoms with van der Waals surface area (Å²) in [4.78, 5) is 49.1. The summed E-state index contributed by atoms with van der Waals surface area (Å²) < 4.78 is 42.9. The zero-order valence-corrected chi connectivity index (χ0v) is 20.1. The van der Waals surface area contributed by atoms with Crippen molar-refractivity contribution in [2.75, 3.05) is 46.2 Å². The first-order chi connectivity index (χ1) is 16.6. The highest BCUT2D eigenvalue weighted by Crippen LogP contribution is 2.29. The van der Waals surface area contributed by atoms with Gasteiger partial charge < -0.3 is 37.9 Å². The molecule has 1 saturated heterocycles. The molecule has 0 aromatic rings. The van der Waals surface area contributed by atoms with E-state index in [1.54, 1.807) is 0 Å². The summed E-state index contributed by atoms with van der Waals surface area (Å²) in [7, 11) is 0. The third-order valence-electron chi connectivity index (χ3n) is 4.23. The van der Waals surface area contributed by atoms with Gasteiger partial charge in [0.25, 0.3) is 0 Å². The van der Waals surface area contributed by atoms with Crippen LogP contribution in [0.5, 0.6) is 0 Å². The smallest absolute Gasteiger partial charge is 0.303 e. The van der Waals surface area contributed by atoms with Crippen LogP contribution in [-0.4, -0.2) is 101 Å². The fourth-order valence-electron chi connectivity index (χ4n) is 3.02. The Kier molecular flexibility index (Phi) is 14.3. The van der Waals surface area contributed by atoms with Gasteiger partial charge in [0.15, 0.2) is 24.6 Å². The van der Waals surface area contributed by atoms with Crippen LogP contribution in [0.2, 0.25) is 0 Å². The molecule has 0 aromatic carbocycles. The highest BCUT2D eigenvalue weighted by atomic mass is 16.7. The molecule has 1 fully saturated rings. The highest BCUT2D eigenvalue weighted by Gasteiger charge is 2.52. The SMILES string of the molecule is CC(=O)OC[C@H]1OC(OCCOCCOCCN=[N+]=[N-])[C@@H](OC(C)=O)[C@@H](OC(C)=O)[C@@H]1OC(C)=O. The molecule has 0 amide bonds. The topological polar surface area (TPSA) is 191 Å². The van der Waals surface area contributed by atoms with Crippen LogP contribution in [0.4, 0.5) is 0 Å². The number of hydrogen-bond acceptors (Lipinski definition) is 13. The van der Waals surface area contributed by atoms with Gasteiger partial charge in [-0.25, -0.2) is 0 Å². The van der Waals surface area contributed by atoms with Gasteiger partial charge in [-0.05, 0) is 5.53 Å². The predicted molar refractivity (Wildman–Crippen MR) is 114 cm³/mol. The standard InChI is InChI=1S/C20H31N3O12/c1-12(24)31-11-16-17(32-13(2)25)18(33-14(3)26)19(34-15(4)27)20(35-16)30-10-9-29-8-7-28-6-5-22-23-21/h16-20H,5-11H2,1-4H3/t16-,17-,18+,19+,20?/m1/s1. The molecule has 1 aliphatic rings. The number of hydrogen-bond donors (Lipinski definition) is 0. The molecule has 5 atom stereocenters. The van der Waals surface area contributed by atoms with Crippen molar-refractivity contribution < 1.29 is 57.1 Å². The quantitative estimate of drug-likeness (QED) is 0.0745. The Bertz CT molecular complexity index is 758. The second-order valence-electron chi connectivity index (χ2n) is 7.12. The van der Waals surface area contributed by atoms with Crippen molar-refractivity contribution in [1.29, 1.82) is 0 Å². The van der Waals surface area contributed by atoms with Crippen molar-refractivity contribution in [3.63, 3.8) is 0 Å². The summed E-state index contributed by atoms with van der Waals surface area (Å²) in [6.45, 7) is 5.29. The van der Waals surface area contributed by atoms with E-state index in [-0.39, 0.29) is 46.2 Å². The van der Waals surface area contributed by atoms with E-state index in [9.17, 15) is 19.2 Å². The van der Waals surface area contributed by atoms with E-state index in [2.05, 4.69) is 10.0 Å². The molecule has 0 N–H and O–H groups in total. The highest BCUT2D eigenvalue weighted by molar-refractivity contribution is 5.68. The molecular formula is C20H31N3O12. The predicted octanol–water partition coefficient (Wildman–Crippen LogP) is 0.430. The van der Waals surface area contributed by atoms with Gasteiger partial charge in [0.1, 0.15) is 12.7 Å². The number of carbonyl (C=O) groups is 4. The van der Waals surface area contributed by atoms with Crippen LogP contribution < -0.4 is 0 Å². The first-order valence-corrected chi connectivity index (χ1v) is 10.7. The fraction of sp³-hybridized carbons (Fsp3) is 0.800. The van der Waals surface area contributed by atoms with Gasteiger partial charge in [0.05, 0.1) is 33.0 Å². The third-order valence-corrected chi connectivity index (χ3v) is 4.23. The number of carbonyl (C=O) groups excluding carboxylic acids is 4. The van der Waals surface area contributed by atoms with Crippen molar-refractivity contribution in [2.45, 2.75) is 58.4 Å². The van der Waals surface area contributed by atoms with Crippen LogP contribution in [0.3, 0.4) is 0 Å². The minimum absolute atomic E-state index is 0.0214. The van der Waals surface area contributed by atoms with Gasteiger partial charge >= 0.3 is 23.9 Å². The van der Waals surface area contributed by atoms with Crippen LogP contribution in [-0.2, 0) is 57.1 Å². The second kappa shape index (κ2) is 16.6. The third kappa shape index (κ3) is 12.3. The van der Waals surface area contributed by atoms with E-state index < -0.39 is 54.6 Å². The van der Waals surface area contributed by atoms with E-state index in [0.29, 0.717) is 0 Å². The Morgan fingerprint density at radius 3 is 1.89 bits per heavy atom. The molecule has 1 heterocycles. The minimum atomic E-state index is -1.30. The average molecular weight is 505 g/mol. The number of ether oxygens (including phenoxy) is 8. The van der Waals surface area contributed by atoms with E-state index in [1.165, 1.54) is 6.92 Å². The number of esters is 4. The first kappa shape index (κ1) is 30.1. The van der Waals surface area contributed by atoms with Crippen molar-refractivity contribution in [3.8, 4) is 0 Å². The lowest BCUT2D eigenvalue weighted by molar-refractivity contribution is -0.309. The van der Waals surface area contributed by atoms with Gasteiger partial charge in [0, 0.05) is 39.2 Å². The van der Waals surface area contributed by atoms with Crippen molar-refractivity contribution in [3.05, 3.63) is 10.4 Å². The molecule has 1 rings (SSSR count). The van der Waals surface area contributed by atoms with Gasteiger partial charge in [-0.1, -0.05) is 5.11 Å². The van der Waals surface area contributed by atoms with Crippen LogP contribution in [0, 0.1) is 0 Å². The molecule has 0 bridgehead atoms. The lowest BCUT2D eigenvalue weighted by atomic mass is 9.98. The van der Waals surface area contributed by atoms with Crippen LogP contribution in [0.25, 0.3) is 10.4 Å². The molecule has 15 nitrogen and oxygen atoms in total. The Balaban J connectivity index is 2.85. The van der Waals surface area contributed by atoms with Gasteiger partial charge in [-0.15, -0.1) is 0 Å². The monoisotopic (exact) mass is 505 g/mol. The van der Waals surface area contributed by atoms with Gasteiger partial charge in [0.2, 0.25) is 0 Å². The fourth-order valence-corrected chi connectivity index (χ4v) is 3.02. The first-order valence-electron chi connectivity index (χ1n) is 10.7. The van der Waals surface area contributed by atoms with Crippen molar-refractivity contribution >= 4 is 23.9 Å². The Morgan fingerprint density at radius 1 is 0.771 bits per heavy atom. The normalized spacial score (nSPS) is 23.5. The Morgan fingerprint density at radius 2 is 1.31 bits per heavy atom. The molecule has 0 aliphatic carbocycles. The molecule has 1 unspecified atom stereocenters. The minimum Gasteiger partial charge on any atom is -0.463 e. The van der Waals surface area contributed by atoms with E-state index in [0.717, 1.165) is 20.8 Å². The van der Waals surface area contributed by atoms with E-state index in [1.807, 2.05) is 0 Å². The van der Waals surface area contributed by atoms with Crippen LogP contribution >= 0.6 is 0 Å². The molecular weight excluding hydrogens is 474 g/mol. The zero-order chi connectivity index (χ0) is 26.2. The van der Waals surface area contributed by atoms with Crippen LogP contribution in [0.1, 0.15) is 27.7 Å².